The first-order valence-electron chi connectivity index (χ1n) is 5.79. The summed E-state index contributed by atoms with van der Waals surface area (Å²) in [4.78, 5) is 9.94. The van der Waals surface area contributed by atoms with Gasteiger partial charge in [-0.2, -0.15) is 0 Å². The van der Waals surface area contributed by atoms with Gasteiger partial charge in [-0.05, 0) is 24.6 Å². The Morgan fingerprint density at radius 3 is 2.74 bits per heavy atom. The molecule has 0 saturated heterocycles. The predicted molar refractivity (Wildman–Crippen MR) is 72.1 cm³/mol. The number of hydrogen-bond donors (Lipinski definition) is 1. The summed E-state index contributed by atoms with van der Waals surface area (Å²) < 4.78 is 5.07. The maximum absolute atomic E-state index is 10.5. The van der Waals surface area contributed by atoms with Gasteiger partial charge in [-0.1, -0.05) is 29.8 Å². The Morgan fingerprint density at radius 2 is 2.11 bits per heavy atom. The van der Waals surface area contributed by atoms with Crippen molar-refractivity contribution in [3.05, 3.63) is 62.9 Å². The second kappa shape index (κ2) is 5.86. The van der Waals surface area contributed by atoms with Crippen molar-refractivity contribution in [1.82, 2.24) is 5.32 Å². The summed E-state index contributed by atoms with van der Waals surface area (Å²) in [6.07, 6.45) is 0. The molecule has 2 aromatic rings. The van der Waals surface area contributed by atoms with Crippen LogP contribution >= 0.6 is 11.6 Å². The van der Waals surface area contributed by atoms with E-state index in [-0.39, 0.29) is 11.9 Å². The third-order valence-electron chi connectivity index (χ3n) is 2.78. The number of hydrogen-bond acceptors (Lipinski definition) is 4. The molecule has 0 amide bonds. The first-order valence-corrected chi connectivity index (χ1v) is 6.16. The van der Waals surface area contributed by atoms with Crippen LogP contribution in [0.2, 0.25) is 5.02 Å². The zero-order chi connectivity index (χ0) is 13.8. The molecule has 0 fully saturated rings. The topological polar surface area (TPSA) is 68.3 Å². The van der Waals surface area contributed by atoms with Crippen molar-refractivity contribution in [2.45, 2.75) is 19.5 Å². The molecule has 0 radical (unpaired) electrons. The van der Waals surface area contributed by atoms with Crippen LogP contribution in [-0.2, 0) is 6.54 Å². The van der Waals surface area contributed by atoms with E-state index >= 15 is 0 Å². The highest BCUT2D eigenvalue weighted by Gasteiger charge is 2.13. The first kappa shape index (κ1) is 13.6. The first-order chi connectivity index (χ1) is 9.08. The van der Waals surface area contributed by atoms with Gasteiger partial charge in [0.05, 0.1) is 12.6 Å². The van der Waals surface area contributed by atoms with Gasteiger partial charge in [0, 0.05) is 11.1 Å². The van der Waals surface area contributed by atoms with E-state index in [1.165, 1.54) is 6.07 Å². The minimum atomic E-state index is -0.555. The average molecular weight is 281 g/mol. The summed E-state index contributed by atoms with van der Waals surface area (Å²) in [5.74, 6) is 0.271. The molecule has 1 aromatic heterocycles. The molecule has 1 atom stereocenters. The highest BCUT2D eigenvalue weighted by atomic mass is 35.5. The summed E-state index contributed by atoms with van der Waals surface area (Å²) in [7, 11) is 0. The molecule has 6 heteroatoms. The standard InChI is InChI=1S/C13H13ClN2O3/c1-9(11-4-2-3-5-12(11)14)15-8-10-6-7-13(19-10)16(17)18/h2-7,9,15H,8H2,1H3/t9-/m1/s1. The van der Waals surface area contributed by atoms with Gasteiger partial charge in [-0.25, -0.2) is 0 Å². The van der Waals surface area contributed by atoms with Crippen LogP contribution in [0, 0.1) is 10.1 Å². The van der Waals surface area contributed by atoms with Crippen molar-refractivity contribution in [3.63, 3.8) is 0 Å². The number of halogens is 1. The molecule has 0 bridgehead atoms. The van der Waals surface area contributed by atoms with Crippen LogP contribution in [0.4, 0.5) is 5.88 Å². The van der Waals surface area contributed by atoms with Gasteiger partial charge in [0.2, 0.25) is 0 Å². The van der Waals surface area contributed by atoms with Crippen LogP contribution in [0.25, 0.3) is 0 Å². The Morgan fingerprint density at radius 1 is 1.37 bits per heavy atom. The molecular weight excluding hydrogens is 268 g/mol. The number of nitrogens with one attached hydrogen (secondary N) is 1. The quantitative estimate of drug-likeness (QED) is 0.670. The number of benzene rings is 1. The monoisotopic (exact) mass is 280 g/mol. The van der Waals surface area contributed by atoms with Gasteiger partial charge >= 0.3 is 5.88 Å². The van der Waals surface area contributed by atoms with E-state index in [4.69, 9.17) is 16.0 Å². The number of rotatable bonds is 5. The Hall–Kier alpha value is -1.85. The Balaban J connectivity index is 1.98. The van der Waals surface area contributed by atoms with Crippen molar-refractivity contribution in [3.8, 4) is 0 Å². The van der Waals surface area contributed by atoms with Crippen molar-refractivity contribution in [2.24, 2.45) is 0 Å². The van der Waals surface area contributed by atoms with E-state index in [0.717, 1.165) is 5.56 Å². The summed E-state index contributed by atoms with van der Waals surface area (Å²) in [5, 5.41) is 14.4. The predicted octanol–water partition coefficient (Wildman–Crippen LogP) is 3.69. The van der Waals surface area contributed by atoms with Gasteiger partial charge in [0.25, 0.3) is 0 Å². The third-order valence-corrected chi connectivity index (χ3v) is 3.13. The lowest BCUT2D eigenvalue weighted by atomic mass is 10.1. The summed E-state index contributed by atoms with van der Waals surface area (Å²) in [6, 6.07) is 10.5. The van der Waals surface area contributed by atoms with E-state index in [0.29, 0.717) is 17.3 Å². The molecule has 5 nitrogen and oxygen atoms in total. The highest BCUT2D eigenvalue weighted by Crippen LogP contribution is 2.23. The molecule has 2 rings (SSSR count). The summed E-state index contributed by atoms with van der Waals surface area (Å²) in [6.45, 7) is 2.37. The maximum atomic E-state index is 10.5. The van der Waals surface area contributed by atoms with E-state index in [1.807, 2.05) is 31.2 Å². The van der Waals surface area contributed by atoms with Crippen LogP contribution in [0.1, 0.15) is 24.3 Å². The SMILES string of the molecule is C[C@@H](NCc1ccc([N+](=O)[O-])o1)c1ccccc1Cl. The third kappa shape index (κ3) is 3.33. The fourth-order valence-corrected chi connectivity index (χ4v) is 2.05. The lowest BCUT2D eigenvalue weighted by Crippen LogP contribution is -2.18. The Bertz CT molecular complexity index is 583. The van der Waals surface area contributed by atoms with Gasteiger partial charge in [-0.3, -0.25) is 10.1 Å². The second-order valence-electron chi connectivity index (χ2n) is 4.12. The summed E-state index contributed by atoms with van der Waals surface area (Å²) in [5.41, 5.74) is 0.977. The zero-order valence-corrected chi connectivity index (χ0v) is 11.1. The molecule has 1 heterocycles. The minimum Gasteiger partial charge on any atom is -0.404 e. The number of nitro groups is 1. The van der Waals surface area contributed by atoms with Gasteiger partial charge in [0.1, 0.15) is 10.7 Å². The second-order valence-corrected chi connectivity index (χ2v) is 4.53. The summed E-state index contributed by atoms with van der Waals surface area (Å²) >= 11 is 6.09. The van der Waals surface area contributed by atoms with Crippen LogP contribution < -0.4 is 5.32 Å². The minimum absolute atomic E-state index is 0.0258. The molecule has 1 N–H and O–H groups in total. The largest absolute Gasteiger partial charge is 0.433 e. The fourth-order valence-electron chi connectivity index (χ4n) is 1.75. The molecule has 100 valence electrons. The van der Waals surface area contributed by atoms with Gasteiger partial charge < -0.3 is 9.73 Å². The lowest BCUT2D eigenvalue weighted by molar-refractivity contribution is -0.402. The Kier molecular flexibility index (Phi) is 4.19. The van der Waals surface area contributed by atoms with E-state index in [1.54, 1.807) is 6.07 Å². The normalized spacial score (nSPS) is 12.3. The van der Waals surface area contributed by atoms with Crippen LogP contribution in [0.5, 0.6) is 0 Å². The van der Waals surface area contributed by atoms with Crippen LogP contribution in [0.3, 0.4) is 0 Å². The zero-order valence-electron chi connectivity index (χ0n) is 10.3. The smallest absolute Gasteiger partial charge is 0.404 e. The average Bonchev–Trinajstić information content (AvgIpc) is 2.85. The van der Waals surface area contributed by atoms with E-state index < -0.39 is 4.92 Å². The number of nitrogens with zero attached hydrogens (tertiary/aromatic N) is 1. The molecule has 0 spiro atoms. The molecular formula is C13H13ClN2O3. The highest BCUT2D eigenvalue weighted by molar-refractivity contribution is 6.31. The fraction of sp³-hybridized carbons (Fsp3) is 0.231. The number of furan rings is 1. The van der Waals surface area contributed by atoms with Crippen molar-refractivity contribution in [1.29, 1.82) is 0 Å². The van der Waals surface area contributed by atoms with Crippen molar-refractivity contribution < 1.29 is 9.34 Å². The molecule has 0 aliphatic carbocycles. The van der Waals surface area contributed by atoms with Gasteiger partial charge in [-0.15, -0.1) is 0 Å². The maximum Gasteiger partial charge on any atom is 0.433 e. The van der Waals surface area contributed by atoms with Crippen LogP contribution in [-0.4, -0.2) is 4.92 Å². The van der Waals surface area contributed by atoms with E-state index in [2.05, 4.69) is 5.32 Å². The van der Waals surface area contributed by atoms with Crippen LogP contribution in [0.15, 0.2) is 40.8 Å². The van der Waals surface area contributed by atoms with Gasteiger partial charge in [0.15, 0.2) is 0 Å². The molecule has 19 heavy (non-hydrogen) atoms. The lowest BCUT2D eigenvalue weighted by Gasteiger charge is -2.14. The molecule has 0 unspecified atom stereocenters. The molecule has 0 aliphatic rings. The van der Waals surface area contributed by atoms with Crippen molar-refractivity contribution in [2.75, 3.05) is 0 Å². The molecule has 0 saturated carbocycles. The molecule has 0 aliphatic heterocycles. The van der Waals surface area contributed by atoms with Crippen molar-refractivity contribution >= 4 is 17.5 Å². The molecule has 1 aromatic carbocycles. The Labute approximate surface area is 115 Å². The van der Waals surface area contributed by atoms with E-state index in [9.17, 15) is 10.1 Å².